The van der Waals surface area contributed by atoms with Crippen molar-refractivity contribution in [1.29, 1.82) is 0 Å². The summed E-state index contributed by atoms with van der Waals surface area (Å²) in [7, 11) is 1.73. The maximum atomic E-state index is 12.3. The molecule has 0 atom stereocenters. The lowest BCUT2D eigenvalue weighted by Crippen LogP contribution is -2.24. The van der Waals surface area contributed by atoms with Crippen molar-refractivity contribution in [3.8, 4) is 0 Å². The zero-order chi connectivity index (χ0) is 22.9. The molecule has 1 aliphatic rings. The second-order valence-electron chi connectivity index (χ2n) is 7.35. The van der Waals surface area contributed by atoms with Crippen molar-refractivity contribution in [2.45, 2.75) is 32.2 Å². The highest BCUT2D eigenvalue weighted by Crippen LogP contribution is 2.13. The van der Waals surface area contributed by atoms with Gasteiger partial charge in [-0.2, -0.15) is 0 Å². The van der Waals surface area contributed by atoms with E-state index < -0.39 is 6.29 Å². The van der Waals surface area contributed by atoms with Gasteiger partial charge in [0.2, 0.25) is 11.7 Å². The Bertz CT molecular complexity index is 1080. The minimum absolute atomic E-state index is 0.0974. The molecule has 0 unspecified atom stereocenters. The number of carbonyl (C=O) groups excluding carboxylic acids is 1. The number of nitrogens with zero attached hydrogens (tertiary/aromatic N) is 6. The zero-order valence-electron chi connectivity index (χ0n) is 18.3. The van der Waals surface area contributed by atoms with Crippen LogP contribution in [0.25, 0.3) is 0 Å². The van der Waals surface area contributed by atoms with Gasteiger partial charge in [-0.15, -0.1) is 5.10 Å². The SMILES string of the molecule is Cn1nnnc1C(=NOCc1cccc(NC(=O)CC2OCCCCO2)n1)c1ccccc1. The summed E-state index contributed by atoms with van der Waals surface area (Å²) in [4.78, 5) is 22.3. The third-order valence-corrected chi connectivity index (χ3v) is 4.82. The Hall–Kier alpha value is -3.70. The molecular weight excluding hydrogens is 426 g/mol. The molecule has 0 bridgehead atoms. The van der Waals surface area contributed by atoms with Gasteiger partial charge in [0, 0.05) is 25.8 Å². The summed E-state index contributed by atoms with van der Waals surface area (Å²) in [5.41, 5.74) is 1.91. The topological polar surface area (TPSA) is 126 Å². The van der Waals surface area contributed by atoms with Crippen molar-refractivity contribution in [3.05, 3.63) is 65.6 Å². The van der Waals surface area contributed by atoms with Gasteiger partial charge >= 0.3 is 0 Å². The summed E-state index contributed by atoms with van der Waals surface area (Å²) in [6, 6.07) is 14.8. The van der Waals surface area contributed by atoms with Crippen LogP contribution in [0, 0.1) is 0 Å². The Balaban J connectivity index is 1.39. The summed E-state index contributed by atoms with van der Waals surface area (Å²) in [5.74, 6) is 0.657. The fourth-order valence-electron chi connectivity index (χ4n) is 3.19. The molecule has 2 aromatic heterocycles. The number of anilines is 1. The normalized spacial score (nSPS) is 15.1. The minimum Gasteiger partial charge on any atom is -0.389 e. The van der Waals surface area contributed by atoms with Gasteiger partial charge in [0.05, 0.1) is 12.1 Å². The fourth-order valence-corrected chi connectivity index (χ4v) is 3.19. The fraction of sp³-hybridized carbons (Fsp3) is 0.364. The highest BCUT2D eigenvalue weighted by Gasteiger charge is 2.18. The van der Waals surface area contributed by atoms with Crippen molar-refractivity contribution in [2.75, 3.05) is 18.5 Å². The van der Waals surface area contributed by atoms with Crippen molar-refractivity contribution in [3.63, 3.8) is 0 Å². The Labute approximate surface area is 190 Å². The Morgan fingerprint density at radius 1 is 1.15 bits per heavy atom. The van der Waals surface area contributed by atoms with Crippen molar-refractivity contribution >= 4 is 17.4 Å². The van der Waals surface area contributed by atoms with Crippen LogP contribution < -0.4 is 5.32 Å². The molecule has 1 saturated heterocycles. The van der Waals surface area contributed by atoms with Crippen molar-refractivity contribution < 1.29 is 19.1 Å². The molecule has 0 radical (unpaired) electrons. The summed E-state index contributed by atoms with van der Waals surface area (Å²) < 4.78 is 12.6. The first-order valence-electron chi connectivity index (χ1n) is 10.7. The molecule has 11 nitrogen and oxygen atoms in total. The molecule has 1 aromatic carbocycles. The predicted octanol–water partition coefficient (Wildman–Crippen LogP) is 2.06. The number of aromatic nitrogens is 5. The number of aryl methyl sites for hydroxylation is 1. The number of nitrogens with one attached hydrogen (secondary N) is 1. The molecule has 1 fully saturated rings. The number of rotatable bonds is 8. The molecule has 11 heteroatoms. The lowest BCUT2D eigenvalue weighted by atomic mass is 10.1. The number of amides is 1. The molecular formula is C22H25N7O4. The van der Waals surface area contributed by atoms with Crippen LogP contribution in [0.1, 0.15) is 36.3 Å². The molecule has 4 rings (SSSR count). The van der Waals surface area contributed by atoms with Gasteiger partial charge in [-0.1, -0.05) is 41.6 Å². The van der Waals surface area contributed by atoms with Gasteiger partial charge in [-0.3, -0.25) is 4.79 Å². The van der Waals surface area contributed by atoms with Crippen molar-refractivity contribution in [2.24, 2.45) is 12.2 Å². The number of hydrogen-bond acceptors (Lipinski definition) is 9. The van der Waals surface area contributed by atoms with E-state index in [4.69, 9.17) is 14.3 Å². The first-order valence-corrected chi connectivity index (χ1v) is 10.7. The number of ether oxygens (including phenoxy) is 2. The molecule has 0 saturated carbocycles. The Kier molecular flexibility index (Phi) is 7.67. The summed E-state index contributed by atoms with van der Waals surface area (Å²) in [6.45, 7) is 1.29. The van der Waals surface area contributed by atoms with Gasteiger partial charge in [0.25, 0.3) is 0 Å². The highest BCUT2D eigenvalue weighted by atomic mass is 16.7. The van der Waals surface area contributed by atoms with Gasteiger partial charge < -0.3 is 19.6 Å². The minimum atomic E-state index is -0.528. The standard InChI is InChI=1S/C22H25N7O4/c1-29-22(25-27-28-29)21(16-8-3-2-4-9-16)26-33-15-17-10-7-11-18(23-17)24-19(30)14-20-31-12-5-6-13-32-20/h2-4,7-11,20H,5-6,12-15H2,1H3,(H,23,24,30). The molecule has 0 spiro atoms. The van der Waals surface area contributed by atoms with Crippen LogP contribution in [0.15, 0.2) is 53.7 Å². The predicted molar refractivity (Wildman–Crippen MR) is 118 cm³/mol. The smallest absolute Gasteiger partial charge is 0.230 e. The Morgan fingerprint density at radius 3 is 2.67 bits per heavy atom. The largest absolute Gasteiger partial charge is 0.389 e. The average molecular weight is 451 g/mol. The number of pyridine rings is 1. The van der Waals surface area contributed by atoms with Gasteiger partial charge in [-0.25, -0.2) is 9.67 Å². The molecule has 1 N–H and O–H groups in total. The third kappa shape index (κ3) is 6.40. The quantitative estimate of drug-likeness (QED) is 0.407. The molecule has 0 aliphatic carbocycles. The number of oxime groups is 1. The summed E-state index contributed by atoms with van der Waals surface area (Å²) >= 11 is 0. The van der Waals surface area contributed by atoms with Crippen LogP contribution in [0.2, 0.25) is 0 Å². The van der Waals surface area contributed by atoms with Gasteiger partial charge in [0.15, 0.2) is 18.6 Å². The molecule has 172 valence electrons. The Morgan fingerprint density at radius 2 is 1.94 bits per heavy atom. The van der Waals surface area contributed by atoms with Gasteiger partial charge in [0.1, 0.15) is 5.82 Å². The van der Waals surface area contributed by atoms with Crippen LogP contribution in [0.5, 0.6) is 0 Å². The number of tetrazole rings is 1. The van der Waals surface area contributed by atoms with Gasteiger partial charge in [-0.05, 0) is 35.4 Å². The maximum Gasteiger partial charge on any atom is 0.230 e. The monoisotopic (exact) mass is 451 g/mol. The highest BCUT2D eigenvalue weighted by molar-refractivity contribution is 6.10. The van der Waals surface area contributed by atoms with E-state index in [9.17, 15) is 4.79 Å². The summed E-state index contributed by atoms with van der Waals surface area (Å²) in [6.07, 6.45) is 1.45. The average Bonchev–Trinajstić information content (AvgIpc) is 3.08. The molecule has 33 heavy (non-hydrogen) atoms. The van der Waals surface area contributed by atoms with E-state index in [1.54, 1.807) is 25.2 Å². The van der Waals surface area contributed by atoms with E-state index in [0.29, 0.717) is 36.3 Å². The van der Waals surface area contributed by atoms with Crippen LogP contribution in [0.3, 0.4) is 0 Å². The van der Waals surface area contributed by atoms with E-state index in [-0.39, 0.29) is 18.9 Å². The van der Waals surface area contributed by atoms with E-state index in [1.165, 1.54) is 4.68 Å². The van der Waals surface area contributed by atoms with E-state index in [1.807, 2.05) is 30.3 Å². The van der Waals surface area contributed by atoms with Crippen LogP contribution in [-0.2, 0) is 32.8 Å². The third-order valence-electron chi connectivity index (χ3n) is 4.82. The number of benzene rings is 1. The van der Waals surface area contributed by atoms with E-state index >= 15 is 0 Å². The molecule has 1 amide bonds. The first kappa shape index (κ1) is 22.5. The molecule has 1 aliphatic heterocycles. The lowest BCUT2D eigenvalue weighted by molar-refractivity contribution is -0.144. The number of carbonyl (C=O) groups is 1. The summed E-state index contributed by atoms with van der Waals surface area (Å²) in [5, 5.41) is 18.6. The van der Waals surface area contributed by atoms with E-state index in [0.717, 1.165) is 18.4 Å². The zero-order valence-corrected chi connectivity index (χ0v) is 18.3. The number of hydrogen-bond donors (Lipinski definition) is 1. The lowest BCUT2D eigenvalue weighted by Gasteiger charge is -2.14. The first-order chi connectivity index (χ1) is 16.2. The second-order valence-corrected chi connectivity index (χ2v) is 7.35. The second kappa shape index (κ2) is 11.2. The maximum absolute atomic E-state index is 12.3. The molecule has 3 aromatic rings. The van der Waals surface area contributed by atoms with E-state index in [2.05, 4.69) is 31.0 Å². The van der Waals surface area contributed by atoms with Crippen LogP contribution >= 0.6 is 0 Å². The van der Waals surface area contributed by atoms with Crippen LogP contribution in [0.4, 0.5) is 5.82 Å². The molecule has 3 heterocycles. The van der Waals surface area contributed by atoms with Crippen LogP contribution in [-0.4, -0.2) is 56.3 Å². The van der Waals surface area contributed by atoms with Crippen molar-refractivity contribution in [1.82, 2.24) is 25.2 Å².